The van der Waals surface area contributed by atoms with Crippen LogP contribution >= 0.6 is 0 Å². The van der Waals surface area contributed by atoms with Gasteiger partial charge >= 0.3 is 12.8 Å². The molecule has 1 aliphatic heterocycles. The second-order valence-corrected chi connectivity index (χ2v) is 8.42. The smallest absolute Gasteiger partial charge is 0.399 e. The highest BCUT2D eigenvalue weighted by Crippen LogP contribution is 2.36. The third-order valence-electron chi connectivity index (χ3n) is 4.98. The first-order valence-electron chi connectivity index (χ1n) is 8.14. The highest BCUT2D eigenvalue weighted by molar-refractivity contribution is 6.62. The lowest BCUT2D eigenvalue weighted by atomic mass is 9.78. The zero-order valence-corrected chi connectivity index (χ0v) is 15.3. The van der Waals surface area contributed by atoms with Gasteiger partial charge in [-0.25, -0.2) is 9.18 Å². The molecule has 2 heterocycles. The highest BCUT2D eigenvalue weighted by Gasteiger charge is 2.52. The van der Waals surface area contributed by atoms with Crippen LogP contribution in [0.15, 0.2) is 16.9 Å². The van der Waals surface area contributed by atoms with Gasteiger partial charge in [-0.3, -0.25) is 4.57 Å². The number of nitrogens with zero attached hydrogens (tertiary/aromatic N) is 1. The molecule has 1 saturated heterocycles. The summed E-state index contributed by atoms with van der Waals surface area (Å²) >= 11 is 0. The summed E-state index contributed by atoms with van der Waals surface area (Å²) in [5, 5.41) is 0. The Morgan fingerprint density at radius 1 is 1.12 bits per heavy atom. The van der Waals surface area contributed by atoms with Gasteiger partial charge in [0.25, 0.3) is 0 Å². The molecule has 130 valence electrons. The number of fused-ring (bicyclic) bond motifs is 1. The van der Waals surface area contributed by atoms with Gasteiger partial charge in [-0.2, -0.15) is 0 Å². The van der Waals surface area contributed by atoms with Crippen LogP contribution in [0.25, 0.3) is 11.0 Å². The summed E-state index contributed by atoms with van der Waals surface area (Å²) in [6.45, 7) is 13.4. The summed E-state index contributed by atoms with van der Waals surface area (Å²) in [6, 6.07) is 2.98. The summed E-state index contributed by atoms with van der Waals surface area (Å²) in [5.41, 5.74) is -0.418. The van der Waals surface area contributed by atoms with Gasteiger partial charge in [0.05, 0.1) is 22.2 Å². The molecule has 0 radical (unpaired) electrons. The predicted molar refractivity (Wildman–Crippen MR) is 93.2 cm³/mol. The zero-order chi connectivity index (χ0) is 18.1. The van der Waals surface area contributed by atoms with Crippen LogP contribution in [0.2, 0.25) is 0 Å². The fourth-order valence-corrected chi connectivity index (χ4v) is 2.96. The normalized spacial score (nSPS) is 20.1. The number of nitrogens with one attached hydrogen (secondary N) is 1. The summed E-state index contributed by atoms with van der Waals surface area (Å²) in [4.78, 5) is 15.1. The molecule has 7 heteroatoms. The fourth-order valence-electron chi connectivity index (χ4n) is 2.96. The van der Waals surface area contributed by atoms with Gasteiger partial charge in [0, 0.05) is 11.0 Å². The maximum atomic E-state index is 14.8. The second kappa shape index (κ2) is 4.96. The number of benzene rings is 1. The molecule has 2 aromatic rings. The van der Waals surface area contributed by atoms with Gasteiger partial charge in [0.15, 0.2) is 0 Å². The minimum Gasteiger partial charge on any atom is -0.399 e. The summed E-state index contributed by atoms with van der Waals surface area (Å²) in [7, 11) is -0.805. The Balaban J connectivity index is 2.13. The Hall–Kier alpha value is -1.60. The van der Waals surface area contributed by atoms with E-state index < -0.39 is 29.7 Å². The van der Waals surface area contributed by atoms with E-state index in [1.807, 2.05) is 48.5 Å². The van der Waals surface area contributed by atoms with Crippen LogP contribution in [-0.2, 0) is 14.8 Å². The van der Waals surface area contributed by atoms with E-state index >= 15 is 0 Å². The van der Waals surface area contributed by atoms with Crippen molar-refractivity contribution in [2.45, 2.75) is 65.2 Å². The number of rotatable bonds is 1. The first kappa shape index (κ1) is 17.2. The number of halogens is 1. The Kier molecular flexibility index (Phi) is 3.56. The molecule has 0 bridgehead atoms. The Morgan fingerprint density at radius 2 is 1.67 bits per heavy atom. The third kappa shape index (κ3) is 2.50. The fraction of sp³-hybridized carbons (Fsp3) is 0.588. The van der Waals surface area contributed by atoms with Gasteiger partial charge in [-0.1, -0.05) is 0 Å². The highest BCUT2D eigenvalue weighted by atomic mass is 19.1. The number of hydrogen-bond donors (Lipinski definition) is 1. The van der Waals surface area contributed by atoms with Crippen molar-refractivity contribution >= 4 is 23.6 Å². The Bertz CT molecular complexity index is 845. The molecular weight excluding hydrogens is 310 g/mol. The van der Waals surface area contributed by atoms with E-state index in [-0.39, 0.29) is 5.69 Å². The van der Waals surface area contributed by atoms with Crippen molar-refractivity contribution in [3.8, 4) is 0 Å². The van der Waals surface area contributed by atoms with E-state index in [1.165, 1.54) is 6.07 Å². The van der Waals surface area contributed by atoms with Crippen molar-refractivity contribution in [1.29, 1.82) is 0 Å². The van der Waals surface area contributed by atoms with Crippen molar-refractivity contribution in [3.05, 3.63) is 28.4 Å². The zero-order valence-electron chi connectivity index (χ0n) is 15.3. The molecule has 1 aliphatic rings. The molecule has 1 aromatic heterocycles. The maximum absolute atomic E-state index is 14.8. The van der Waals surface area contributed by atoms with Crippen LogP contribution in [0.5, 0.6) is 0 Å². The molecule has 0 atom stereocenters. The average molecular weight is 334 g/mol. The van der Waals surface area contributed by atoms with E-state index in [2.05, 4.69) is 4.98 Å². The van der Waals surface area contributed by atoms with E-state index in [1.54, 1.807) is 10.6 Å². The number of hydrogen-bond acceptors (Lipinski definition) is 3. The SMILES string of the molecule is CC(C)(C)n1c(=O)[nH]c2cc(B3OC(C)(C)C(C)(C)O3)c(F)cc21. The molecule has 1 N–H and O–H groups in total. The van der Waals surface area contributed by atoms with Gasteiger partial charge in [-0.05, 0) is 60.6 Å². The topological polar surface area (TPSA) is 56.2 Å². The molecule has 1 fully saturated rings. The minimum absolute atomic E-state index is 0.261. The van der Waals surface area contributed by atoms with E-state index in [0.29, 0.717) is 16.5 Å². The van der Waals surface area contributed by atoms with Crippen molar-refractivity contribution < 1.29 is 13.7 Å². The maximum Gasteiger partial charge on any atom is 0.497 e. The lowest BCUT2D eigenvalue weighted by molar-refractivity contribution is 0.00578. The summed E-state index contributed by atoms with van der Waals surface area (Å²) < 4.78 is 28.2. The Morgan fingerprint density at radius 3 is 2.17 bits per heavy atom. The molecule has 5 nitrogen and oxygen atoms in total. The van der Waals surface area contributed by atoms with Crippen LogP contribution in [0.3, 0.4) is 0 Å². The van der Waals surface area contributed by atoms with Crippen LogP contribution in [-0.4, -0.2) is 27.9 Å². The summed E-state index contributed by atoms with van der Waals surface area (Å²) in [6.07, 6.45) is 0. The van der Waals surface area contributed by atoms with E-state index in [9.17, 15) is 9.18 Å². The molecule has 0 aliphatic carbocycles. The number of aromatic nitrogens is 2. The standard InChI is InChI=1S/C17H24BFN2O3/c1-15(2,3)21-13-9-11(19)10(8-12(13)20-14(21)22)18-23-16(4,5)17(6,7)24-18/h8-9H,1-7H3,(H,20,22). The second-order valence-electron chi connectivity index (χ2n) is 8.42. The van der Waals surface area contributed by atoms with E-state index in [4.69, 9.17) is 9.31 Å². The van der Waals surface area contributed by atoms with Crippen LogP contribution in [0.4, 0.5) is 4.39 Å². The van der Waals surface area contributed by atoms with Crippen molar-refractivity contribution in [1.82, 2.24) is 9.55 Å². The van der Waals surface area contributed by atoms with Crippen LogP contribution in [0.1, 0.15) is 48.5 Å². The summed E-state index contributed by atoms with van der Waals surface area (Å²) in [5.74, 6) is -0.446. The van der Waals surface area contributed by atoms with Gasteiger partial charge in [0.1, 0.15) is 5.82 Å². The Labute approximate surface area is 141 Å². The van der Waals surface area contributed by atoms with E-state index in [0.717, 1.165) is 0 Å². The quantitative estimate of drug-likeness (QED) is 0.816. The molecule has 3 rings (SSSR count). The molecule has 0 unspecified atom stereocenters. The lowest BCUT2D eigenvalue weighted by Crippen LogP contribution is -2.41. The molecule has 1 aromatic carbocycles. The van der Waals surface area contributed by atoms with Gasteiger partial charge in [0.2, 0.25) is 0 Å². The largest absolute Gasteiger partial charge is 0.497 e. The average Bonchev–Trinajstić information content (AvgIpc) is 2.80. The van der Waals surface area contributed by atoms with Crippen molar-refractivity contribution in [2.24, 2.45) is 0 Å². The minimum atomic E-state index is -0.805. The molecule has 24 heavy (non-hydrogen) atoms. The molecule has 0 saturated carbocycles. The number of imidazole rings is 1. The number of H-pyrrole nitrogens is 1. The van der Waals surface area contributed by atoms with Gasteiger partial charge < -0.3 is 14.3 Å². The van der Waals surface area contributed by atoms with Crippen LogP contribution in [0, 0.1) is 5.82 Å². The molecular formula is C17H24BFN2O3. The van der Waals surface area contributed by atoms with Crippen molar-refractivity contribution in [2.75, 3.05) is 0 Å². The molecule has 0 amide bonds. The lowest BCUT2D eigenvalue weighted by Gasteiger charge is -2.32. The van der Waals surface area contributed by atoms with Gasteiger partial charge in [-0.15, -0.1) is 0 Å². The first-order chi connectivity index (χ1) is 10.8. The molecule has 0 spiro atoms. The first-order valence-corrected chi connectivity index (χ1v) is 8.14. The monoisotopic (exact) mass is 334 g/mol. The predicted octanol–water partition coefficient (Wildman–Crippen LogP) is 2.52. The van der Waals surface area contributed by atoms with Crippen molar-refractivity contribution in [3.63, 3.8) is 0 Å². The third-order valence-corrected chi connectivity index (χ3v) is 4.98. The van der Waals surface area contributed by atoms with Crippen LogP contribution < -0.4 is 11.2 Å². The number of aromatic amines is 1.